The zero-order chi connectivity index (χ0) is 14.7. The van der Waals surface area contributed by atoms with Gasteiger partial charge in [0.25, 0.3) is 0 Å². The van der Waals surface area contributed by atoms with Crippen LogP contribution in [0, 0.1) is 5.82 Å². The number of benzene rings is 1. The van der Waals surface area contributed by atoms with Crippen LogP contribution in [0.15, 0.2) is 22.7 Å². The Hall–Kier alpha value is -0.450. The predicted molar refractivity (Wildman–Crippen MR) is 85.1 cm³/mol. The monoisotopic (exact) mass is 342 g/mol. The largest absolute Gasteiger partial charge is 0.328 e. The van der Waals surface area contributed by atoms with Gasteiger partial charge in [0.05, 0.1) is 4.47 Å². The highest BCUT2D eigenvalue weighted by Gasteiger charge is 2.27. The van der Waals surface area contributed by atoms with E-state index < -0.39 is 0 Å². The van der Waals surface area contributed by atoms with Crippen molar-refractivity contribution < 1.29 is 4.39 Å². The van der Waals surface area contributed by atoms with Gasteiger partial charge in [-0.3, -0.25) is 4.90 Å². The van der Waals surface area contributed by atoms with Crippen LogP contribution in [0.3, 0.4) is 0 Å². The Balaban J connectivity index is 2.11. The average Bonchev–Trinajstić information content (AvgIpc) is 2.44. The quantitative estimate of drug-likeness (QED) is 0.886. The first-order valence-electron chi connectivity index (χ1n) is 7.49. The molecule has 0 bridgehead atoms. The van der Waals surface area contributed by atoms with Gasteiger partial charge in [0.2, 0.25) is 0 Å². The minimum atomic E-state index is -0.201. The molecule has 0 spiro atoms. The lowest BCUT2D eigenvalue weighted by atomic mass is 9.89. The second kappa shape index (κ2) is 7.01. The van der Waals surface area contributed by atoms with E-state index in [9.17, 15) is 4.39 Å². The van der Waals surface area contributed by atoms with Crippen LogP contribution >= 0.6 is 15.9 Å². The summed E-state index contributed by atoms with van der Waals surface area (Å²) in [6, 6.07) is 6.61. The maximum Gasteiger partial charge on any atom is 0.137 e. The normalized spacial score (nSPS) is 24.9. The first kappa shape index (κ1) is 15.9. The molecule has 1 aromatic carbocycles. The second-order valence-electron chi connectivity index (χ2n) is 5.75. The van der Waals surface area contributed by atoms with Crippen molar-refractivity contribution in [3.63, 3.8) is 0 Å². The van der Waals surface area contributed by atoms with E-state index in [0.29, 0.717) is 22.6 Å². The molecule has 0 aliphatic heterocycles. The molecule has 2 rings (SSSR count). The van der Waals surface area contributed by atoms with E-state index in [0.717, 1.165) is 24.9 Å². The van der Waals surface area contributed by atoms with Gasteiger partial charge in [-0.15, -0.1) is 0 Å². The van der Waals surface area contributed by atoms with Crippen molar-refractivity contribution in [2.75, 3.05) is 6.54 Å². The van der Waals surface area contributed by atoms with E-state index >= 15 is 0 Å². The minimum Gasteiger partial charge on any atom is -0.328 e. The zero-order valence-corrected chi connectivity index (χ0v) is 13.9. The Labute approximate surface area is 129 Å². The molecule has 2 nitrogen and oxygen atoms in total. The van der Waals surface area contributed by atoms with Gasteiger partial charge < -0.3 is 5.73 Å². The highest BCUT2D eigenvalue weighted by Crippen LogP contribution is 2.31. The summed E-state index contributed by atoms with van der Waals surface area (Å²) in [5.41, 5.74) is 7.16. The van der Waals surface area contributed by atoms with Gasteiger partial charge in [-0.2, -0.15) is 0 Å². The van der Waals surface area contributed by atoms with Crippen LogP contribution in [0.4, 0.5) is 4.39 Å². The molecule has 1 fully saturated rings. The molecule has 4 heteroatoms. The van der Waals surface area contributed by atoms with Crippen molar-refractivity contribution in [2.24, 2.45) is 5.73 Å². The van der Waals surface area contributed by atoms with Crippen LogP contribution in [-0.4, -0.2) is 23.5 Å². The van der Waals surface area contributed by atoms with Crippen molar-refractivity contribution in [2.45, 2.75) is 57.7 Å². The fourth-order valence-electron chi connectivity index (χ4n) is 3.25. The fraction of sp³-hybridized carbons (Fsp3) is 0.625. The van der Waals surface area contributed by atoms with Gasteiger partial charge in [0, 0.05) is 18.1 Å². The molecule has 0 radical (unpaired) electrons. The Morgan fingerprint density at radius 3 is 2.55 bits per heavy atom. The fourth-order valence-corrected chi connectivity index (χ4v) is 3.64. The molecule has 2 N–H and O–H groups in total. The summed E-state index contributed by atoms with van der Waals surface area (Å²) in [7, 11) is 0. The predicted octanol–water partition coefficient (Wildman–Crippen LogP) is 4.24. The molecular formula is C16H24BrFN2. The average molecular weight is 343 g/mol. The van der Waals surface area contributed by atoms with E-state index in [4.69, 9.17) is 5.73 Å². The molecule has 1 atom stereocenters. The van der Waals surface area contributed by atoms with Gasteiger partial charge in [-0.25, -0.2) is 4.39 Å². The summed E-state index contributed by atoms with van der Waals surface area (Å²) in [6.45, 7) is 5.41. The molecule has 1 unspecified atom stereocenters. The number of rotatable bonds is 4. The van der Waals surface area contributed by atoms with Crippen molar-refractivity contribution in [3.05, 3.63) is 34.1 Å². The maximum atomic E-state index is 13.4. The Bertz CT molecular complexity index is 444. The molecule has 0 aromatic heterocycles. The van der Waals surface area contributed by atoms with Gasteiger partial charge in [-0.05, 0) is 72.8 Å². The lowest BCUT2D eigenvalue weighted by molar-refractivity contribution is 0.114. The molecule has 0 saturated heterocycles. The van der Waals surface area contributed by atoms with Crippen LogP contribution in [0.25, 0.3) is 0 Å². The van der Waals surface area contributed by atoms with Gasteiger partial charge in [0.15, 0.2) is 0 Å². The summed E-state index contributed by atoms with van der Waals surface area (Å²) < 4.78 is 13.9. The van der Waals surface area contributed by atoms with E-state index in [1.807, 2.05) is 12.1 Å². The number of hydrogen-bond acceptors (Lipinski definition) is 2. The zero-order valence-electron chi connectivity index (χ0n) is 12.3. The van der Waals surface area contributed by atoms with Crippen LogP contribution in [-0.2, 0) is 0 Å². The van der Waals surface area contributed by atoms with Crippen molar-refractivity contribution in [1.29, 1.82) is 0 Å². The first-order valence-corrected chi connectivity index (χ1v) is 8.28. The van der Waals surface area contributed by atoms with E-state index in [2.05, 4.69) is 34.7 Å². The Kier molecular flexibility index (Phi) is 5.58. The smallest absolute Gasteiger partial charge is 0.137 e. The Morgan fingerprint density at radius 1 is 1.35 bits per heavy atom. The molecule has 1 aromatic rings. The third kappa shape index (κ3) is 3.60. The maximum absolute atomic E-state index is 13.4. The summed E-state index contributed by atoms with van der Waals surface area (Å²) in [6.07, 6.45) is 4.56. The second-order valence-corrected chi connectivity index (χ2v) is 6.60. The number of nitrogens with zero attached hydrogens (tertiary/aromatic N) is 1. The summed E-state index contributed by atoms with van der Waals surface area (Å²) in [5, 5.41) is 0. The molecule has 20 heavy (non-hydrogen) atoms. The van der Waals surface area contributed by atoms with Crippen molar-refractivity contribution in [1.82, 2.24) is 4.90 Å². The van der Waals surface area contributed by atoms with Crippen molar-refractivity contribution in [3.8, 4) is 0 Å². The van der Waals surface area contributed by atoms with Gasteiger partial charge in [0.1, 0.15) is 5.82 Å². The van der Waals surface area contributed by atoms with Crippen LogP contribution in [0.1, 0.15) is 51.1 Å². The Morgan fingerprint density at radius 2 is 2.00 bits per heavy atom. The minimum absolute atomic E-state index is 0.201. The number of nitrogens with two attached hydrogens (primary N) is 1. The SMILES string of the molecule is CCN(C1CCC(N)CC1)C(C)c1ccc(F)c(Br)c1. The summed E-state index contributed by atoms with van der Waals surface area (Å²) in [4.78, 5) is 2.52. The molecule has 112 valence electrons. The van der Waals surface area contributed by atoms with Gasteiger partial charge in [-0.1, -0.05) is 13.0 Å². The molecule has 1 saturated carbocycles. The van der Waals surface area contributed by atoms with Crippen molar-refractivity contribution >= 4 is 15.9 Å². The van der Waals surface area contributed by atoms with Gasteiger partial charge >= 0.3 is 0 Å². The first-order chi connectivity index (χ1) is 9.52. The highest BCUT2D eigenvalue weighted by atomic mass is 79.9. The third-order valence-corrected chi connectivity index (χ3v) is 5.11. The lowest BCUT2D eigenvalue weighted by Crippen LogP contribution is -2.42. The van der Waals surface area contributed by atoms with Crippen LogP contribution in [0.2, 0.25) is 0 Å². The van der Waals surface area contributed by atoms with E-state index in [-0.39, 0.29) is 5.82 Å². The molecular weight excluding hydrogens is 319 g/mol. The lowest BCUT2D eigenvalue weighted by Gasteiger charge is -2.39. The summed E-state index contributed by atoms with van der Waals surface area (Å²) in [5.74, 6) is -0.201. The molecule has 0 heterocycles. The van der Waals surface area contributed by atoms with Crippen LogP contribution in [0.5, 0.6) is 0 Å². The molecule has 1 aliphatic carbocycles. The highest BCUT2D eigenvalue weighted by molar-refractivity contribution is 9.10. The molecule has 0 amide bonds. The van der Waals surface area contributed by atoms with E-state index in [1.165, 1.54) is 12.8 Å². The number of hydrogen-bond donors (Lipinski definition) is 1. The van der Waals surface area contributed by atoms with Crippen LogP contribution < -0.4 is 5.73 Å². The molecule has 1 aliphatic rings. The van der Waals surface area contributed by atoms with E-state index in [1.54, 1.807) is 6.07 Å². The summed E-state index contributed by atoms with van der Waals surface area (Å²) >= 11 is 3.28. The number of halogens is 2. The standard InChI is InChI=1S/C16H24BrFN2/c1-3-20(14-7-5-13(19)6-8-14)11(2)12-4-9-16(18)15(17)10-12/h4,9-11,13-14H,3,5-8,19H2,1-2H3. The topological polar surface area (TPSA) is 29.3 Å². The third-order valence-electron chi connectivity index (χ3n) is 4.50.